The van der Waals surface area contributed by atoms with Gasteiger partial charge >= 0.3 is 5.97 Å². The molecule has 0 aliphatic heterocycles. The summed E-state index contributed by atoms with van der Waals surface area (Å²) in [6.07, 6.45) is 2.74. The molecule has 0 aliphatic carbocycles. The second-order valence-electron chi connectivity index (χ2n) is 5.86. The van der Waals surface area contributed by atoms with Gasteiger partial charge in [-0.3, -0.25) is 14.2 Å². The van der Waals surface area contributed by atoms with E-state index in [-0.39, 0.29) is 19.1 Å². The highest BCUT2D eigenvalue weighted by Gasteiger charge is 2.14. The molecule has 2 aromatic rings. The topological polar surface area (TPSA) is 68.6 Å². The molecule has 0 N–H and O–H groups in total. The first-order chi connectivity index (χ1) is 13.4. The first kappa shape index (κ1) is 21.6. The van der Waals surface area contributed by atoms with E-state index >= 15 is 0 Å². The maximum absolute atomic E-state index is 13.4. The molecule has 0 radical (unpaired) electrons. The minimum atomic E-state index is -0.593. The Labute approximate surface area is 166 Å². The molecule has 0 aliphatic rings. The number of carbonyl (C=O) groups excluding carboxylic acids is 2. The van der Waals surface area contributed by atoms with E-state index in [1.807, 2.05) is 13.8 Å². The summed E-state index contributed by atoms with van der Waals surface area (Å²) in [4.78, 5) is 38.8. The normalized spacial score (nSPS) is 12.3. The molecule has 8 heteroatoms. The second-order valence-corrected chi connectivity index (χ2v) is 6.92. The number of rotatable bonds is 7. The summed E-state index contributed by atoms with van der Waals surface area (Å²) >= 11 is 1.06. The van der Waals surface area contributed by atoms with Gasteiger partial charge in [0.05, 0.1) is 17.2 Å². The summed E-state index contributed by atoms with van der Waals surface area (Å²) in [6, 6.07) is 5.83. The van der Waals surface area contributed by atoms with Crippen LogP contribution < -0.4 is 14.8 Å². The van der Waals surface area contributed by atoms with Gasteiger partial charge in [-0.1, -0.05) is 12.1 Å². The maximum Gasteiger partial charge on any atom is 0.333 e. The number of thiazole rings is 1. The number of likely N-dealkylation sites (N-methyl/N-ethyl adjacent to an activating group) is 1. The Morgan fingerprint density at radius 2 is 1.96 bits per heavy atom. The van der Waals surface area contributed by atoms with Gasteiger partial charge in [-0.05, 0) is 44.5 Å². The standard InChI is InChI=1S/C20H23FN2O4S/c1-4-22(5-2)17(24)13-23-18(12-19(25)27-6-3)28-16(20(23)26)11-14-8-7-9-15(21)10-14/h7-12H,4-6,13H2,1-3H3/b16-11-,18-12-. The molecule has 1 heterocycles. The van der Waals surface area contributed by atoms with E-state index in [2.05, 4.69) is 0 Å². The highest BCUT2D eigenvalue weighted by molar-refractivity contribution is 7.07. The van der Waals surface area contributed by atoms with Gasteiger partial charge in [0.1, 0.15) is 17.0 Å². The van der Waals surface area contributed by atoms with Gasteiger partial charge in [0.2, 0.25) is 5.91 Å². The monoisotopic (exact) mass is 406 g/mol. The van der Waals surface area contributed by atoms with Gasteiger partial charge in [-0.25, -0.2) is 9.18 Å². The van der Waals surface area contributed by atoms with Crippen molar-refractivity contribution in [2.75, 3.05) is 19.7 Å². The number of hydrogen-bond donors (Lipinski definition) is 0. The van der Waals surface area contributed by atoms with Crippen molar-refractivity contribution in [3.63, 3.8) is 0 Å². The third-order valence-electron chi connectivity index (χ3n) is 4.02. The van der Waals surface area contributed by atoms with Crippen LogP contribution in [0.25, 0.3) is 12.2 Å². The van der Waals surface area contributed by atoms with Gasteiger partial charge in [-0.2, -0.15) is 0 Å². The number of carbonyl (C=O) groups is 2. The zero-order chi connectivity index (χ0) is 20.7. The third kappa shape index (κ3) is 5.39. The molecule has 0 bridgehead atoms. The van der Waals surface area contributed by atoms with Crippen LogP contribution in [0.15, 0.2) is 29.1 Å². The SMILES string of the molecule is CCOC(=O)/C=c1\s/c(=C\c2cccc(F)c2)c(=O)n1CC(=O)N(CC)CC. The van der Waals surface area contributed by atoms with E-state index in [1.165, 1.54) is 28.9 Å². The number of nitrogens with zero attached hydrogens (tertiary/aromatic N) is 2. The Balaban J connectivity index is 2.58. The molecule has 1 amide bonds. The lowest BCUT2D eigenvalue weighted by Crippen LogP contribution is -2.40. The second kappa shape index (κ2) is 9.98. The quantitative estimate of drug-likeness (QED) is 0.646. The molecule has 0 saturated carbocycles. The number of benzene rings is 1. The molecule has 0 saturated heterocycles. The van der Waals surface area contributed by atoms with Crippen molar-refractivity contribution < 1.29 is 18.7 Å². The summed E-state index contributed by atoms with van der Waals surface area (Å²) < 4.78 is 20.2. The van der Waals surface area contributed by atoms with Crippen LogP contribution >= 0.6 is 11.3 Å². The van der Waals surface area contributed by atoms with Crippen molar-refractivity contribution >= 4 is 35.4 Å². The van der Waals surface area contributed by atoms with E-state index in [0.29, 0.717) is 27.8 Å². The summed E-state index contributed by atoms with van der Waals surface area (Å²) in [5.74, 6) is -1.23. The Bertz CT molecular complexity index is 1020. The van der Waals surface area contributed by atoms with Crippen molar-refractivity contribution in [1.29, 1.82) is 0 Å². The first-order valence-corrected chi connectivity index (χ1v) is 9.84. The lowest BCUT2D eigenvalue weighted by atomic mass is 10.2. The highest BCUT2D eigenvalue weighted by Crippen LogP contribution is 2.03. The number of esters is 1. The lowest BCUT2D eigenvalue weighted by molar-refractivity contribution is -0.135. The van der Waals surface area contributed by atoms with Crippen LogP contribution in [0.1, 0.15) is 26.3 Å². The molecule has 6 nitrogen and oxygen atoms in total. The number of amides is 1. The Morgan fingerprint density at radius 3 is 2.57 bits per heavy atom. The Kier molecular flexibility index (Phi) is 7.69. The molecular formula is C20H23FN2O4S. The molecule has 150 valence electrons. The summed E-state index contributed by atoms with van der Waals surface area (Å²) in [5, 5.41) is 0. The van der Waals surface area contributed by atoms with Crippen LogP contribution in [0.5, 0.6) is 0 Å². The zero-order valence-electron chi connectivity index (χ0n) is 16.1. The maximum atomic E-state index is 13.4. The van der Waals surface area contributed by atoms with Gasteiger partial charge in [0.15, 0.2) is 0 Å². The number of halogens is 1. The fraction of sp³-hybridized carbons (Fsp3) is 0.350. The predicted octanol–water partition coefficient (Wildman–Crippen LogP) is 1.09. The number of ether oxygens (including phenoxy) is 1. The number of hydrogen-bond acceptors (Lipinski definition) is 5. The molecule has 1 aromatic heterocycles. The molecule has 0 fully saturated rings. The van der Waals surface area contributed by atoms with E-state index in [0.717, 1.165) is 11.3 Å². The van der Waals surface area contributed by atoms with Gasteiger partial charge in [-0.15, -0.1) is 11.3 Å². The molecule has 1 aromatic carbocycles. The van der Waals surface area contributed by atoms with E-state index in [9.17, 15) is 18.8 Å². The van der Waals surface area contributed by atoms with Crippen molar-refractivity contribution in [1.82, 2.24) is 9.47 Å². The largest absolute Gasteiger partial charge is 0.463 e. The highest BCUT2D eigenvalue weighted by atomic mass is 32.1. The van der Waals surface area contributed by atoms with Crippen LogP contribution in [0, 0.1) is 5.82 Å². The third-order valence-corrected chi connectivity index (χ3v) is 5.08. The summed E-state index contributed by atoms with van der Waals surface area (Å²) in [7, 11) is 0. The van der Waals surface area contributed by atoms with E-state index in [4.69, 9.17) is 4.74 Å². The zero-order valence-corrected chi connectivity index (χ0v) is 16.9. The Hall–Kier alpha value is -2.74. The molecule has 2 rings (SSSR count). The predicted molar refractivity (Wildman–Crippen MR) is 107 cm³/mol. The van der Waals surface area contributed by atoms with Crippen molar-refractivity contribution in [3.05, 3.63) is 55.2 Å². The fourth-order valence-electron chi connectivity index (χ4n) is 2.64. The van der Waals surface area contributed by atoms with E-state index in [1.54, 1.807) is 24.0 Å². The summed E-state index contributed by atoms with van der Waals surface area (Å²) in [5.41, 5.74) is 0.105. The van der Waals surface area contributed by atoms with Gasteiger partial charge < -0.3 is 9.64 Å². The van der Waals surface area contributed by atoms with Crippen molar-refractivity contribution in [2.24, 2.45) is 0 Å². The minimum Gasteiger partial charge on any atom is -0.463 e. The number of aromatic nitrogens is 1. The van der Waals surface area contributed by atoms with E-state index < -0.39 is 17.3 Å². The summed E-state index contributed by atoms with van der Waals surface area (Å²) in [6.45, 7) is 6.45. The van der Waals surface area contributed by atoms with Crippen LogP contribution in [-0.2, 0) is 20.9 Å². The van der Waals surface area contributed by atoms with Crippen molar-refractivity contribution in [2.45, 2.75) is 27.3 Å². The fourth-order valence-corrected chi connectivity index (χ4v) is 3.67. The average molecular weight is 406 g/mol. The Morgan fingerprint density at radius 1 is 1.25 bits per heavy atom. The smallest absolute Gasteiger partial charge is 0.333 e. The first-order valence-electron chi connectivity index (χ1n) is 9.02. The van der Waals surface area contributed by atoms with Crippen LogP contribution in [0.4, 0.5) is 4.39 Å². The van der Waals surface area contributed by atoms with Gasteiger partial charge in [0, 0.05) is 13.1 Å². The minimum absolute atomic E-state index is 0.181. The molecule has 0 unspecified atom stereocenters. The van der Waals surface area contributed by atoms with Crippen LogP contribution in [0.3, 0.4) is 0 Å². The molecule has 0 spiro atoms. The van der Waals surface area contributed by atoms with Crippen LogP contribution in [-0.4, -0.2) is 41.0 Å². The lowest BCUT2D eigenvalue weighted by Gasteiger charge is -2.18. The van der Waals surface area contributed by atoms with Crippen molar-refractivity contribution in [3.8, 4) is 0 Å². The van der Waals surface area contributed by atoms with Gasteiger partial charge in [0.25, 0.3) is 5.56 Å². The molecule has 0 atom stereocenters. The average Bonchev–Trinajstić information content (AvgIpc) is 2.91. The molecule has 28 heavy (non-hydrogen) atoms. The molecular weight excluding hydrogens is 383 g/mol. The van der Waals surface area contributed by atoms with Crippen LogP contribution in [0.2, 0.25) is 0 Å².